The quantitative estimate of drug-likeness (QED) is 0.575. The van der Waals surface area contributed by atoms with Crippen molar-refractivity contribution in [3.05, 3.63) is 68.9 Å². The molecule has 8 heteroatoms. The Bertz CT molecular complexity index is 1050. The summed E-state index contributed by atoms with van der Waals surface area (Å²) < 4.78 is 20.4. The van der Waals surface area contributed by atoms with Gasteiger partial charge in [0, 0.05) is 35.3 Å². The van der Waals surface area contributed by atoms with Gasteiger partial charge in [0.05, 0.1) is 23.8 Å². The number of ether oxygens (including phenoxy) is 1. The minimum atomic E-state index is -0.411. The predicted octanol–water partition coefficient (Wildman–Crippen LogP) is 4.03. The van der Waals surface area contributed by atoms with E-state index >= 15 is 0 Å². The number of imide groups is 1. The second-order valence-electron chi connectivity index (χ2n) is 7.67. The number of benzene rings is 2. The minimum Gasteiger partial charge on any atom is -0.376 e. The first-order valence-electron chi connectivity index (χ1n) is 10.2. The van der Waals surface area contributed by atoms with Crippen molar-refractivity contribution in [1.82, 2.24) is 9.80 Å². The largest absolute Gasteiger partial charge is 0.376 e. The number of hydrogen-bond acceptors (Lipinski definition) is 4. The van der Waals surface area contributed by atoms with E-state index in [2.05, 4.69) is 15.9 Å². The molecule has 2 heterocycles. The highest BCUT2D eigenvalue weighted by Gasteiger charge is 2.38. The zero-order chi connectivity index (χ0) is 22.1. The van der Waals surface area contributed by atoms with Gasteiger partial charge >= 0.3 is 0 Å². The summed E-state index contributed by atoms with van der Waals surface area (Å²) in [6.07, 6.45) is 1.59. The van der Waals surface area contributed by atoms with E-state index in [9.17, 15) is 18.8 Å². The summed E-state index contributed by atoms with van der Waals surface area (Å²) in [4.78, 5) is 41.3. The molecule has 4 rings (SSSR count). The highest BCUT2D eigenvalue weighted by atomic mass is 79.9. The predicted molar refractivity (Wildman–Crippen MR) is 115 cm³/mol. The van der Waals surface area contributed by atoms with E-state index in [1.54, 1.807) is 25.1 Å². The average Bonchev–Trinajstić information content (AvgIpc) is 3.36. The molecule has 31 heavy (non-hydrogen) atoms. The Labute approximate surface area is 188 Å². The molecule has 1 saturated heterocycles. The highest BCUT2D eigenvalue weighted by Crippen LogP contribution is 2.27. The van der Waals surface area contributed by atoms with Crippen LogP contribution in [0.4, 0.5) is 4.39 Å². The van der Waals surface area contributed by atoms with Gasteiger partial charge in [-0.2, -0.15) is 0 Å². The summed E-state index contributed by atoms with van der Waals surface area (Å²) in [5.74, 6) is -1.50. The van der Waals surface area contributed by atoms with Gasteiger partial charge in [-0.25, -0.2) is 4.39 Å². The van der Waals surface area contributed by atoms with Crippen molar-refractivity contribution in [2.45, 2.75) is 32.4 Å². The fourth-order valence-corrected chi connectivity index (χ4v) is 4.37. The molecule has 0 saturated carbocycles. The van der Waals surface area contributed by atoms with E-state index in [4.69, 9.17) is 4.74 Å². The van der Waals surface area contributed by atoms with Crippen LogP contribution in [0.25, 0.3) is 0 Å². The Morgan fingerprint density at radius 1 is 1.19 bits per heavy atom. The topological polar surface area (TPSA) is 66.9 Å². The molecule has 0 radical (unpaired) electrons. The Balaban J connectivity index is 1.55. The summed E-state index contributed by atoms with van der Waals surface area (Å²) in [5.41, 5.74) is 1.19. The maximum Gasteiger partial charge on any atom is 0.261 e. The molecule has 0 aliphatic carbocycles. The van der Waals surface area contributed by atoms with E-state index in [0.29, 0.717) is 24.3 Å². The van der Waals surface area contributed by atoms with Crippen molar-refractivity contribution < 1.29 is 23.5 Å². The molecular formula is C23H22BrFN2O4. The minimum absolute atomic E-state index is 0.0930. The van der Waals surface area contributed by atoms with Crippen molar-refractivity contribution in [2.75, 3.05) is 19.7 Å². The Hall–Kier alpha value is -2.58. The van der Waals surface area contributed by atoms with Gasteiger partial charge in [0.2, 0.25) is 0 Å². The van der Waals surface area contributed by atoms with E-state index in [0.717, 1.165) is 17.3 Å². The lowest BCUT2D eigenvalue weighted by Gasteiger charge is -2.21. The third-order valence-corrected chi connectivity index (χ3v) is 6.16. The van der Waals surface area contributed by atoms with Crippen molar-refractivity contribution in [3.8, 4) is 0 Å². The fraction of sp³-hybridized carbons (Fsp3) is 0.348. The second kappa shape index (κ2) is 8.88. The first kappa shape index (κ1) is 21.6. The first-order valence-corrected chi connectivity index (χ1v) is 11.0. The molecule has 0 aromatic heterocycles. The summed E-state index contributed by atoms with van der Waals surface area (Å²) in [6, 6.07) is 9.11. The average molecular weight is 489 g/mol. The van der Waals surface area contributed by atoms with E-state index < -0.39 is 11.7 Å². The smallest absolute Gasteiger partial charge is 0.261 e. The highest BCUT2D eigenvalue weighted by molar-refractivity contribution is 9.10. The van der Waals surface area contributed by atoms with Crippen LogP contribution in [0.3, 0.4) is 0 Å². The number of rotatable bonds is 6. The lowest BCUT2D eigenvalue weighted by atomic mass is 10.0. The van der Waals surface area contributed by atoms with Gasteiger partial charge in [0.1, 0.15) is 5.82 Å². The van der Waals surface area contributed by atoms with Gasteiger partial charge in [0.25, 0.3) is 17.7 Å². The standard InChI is InChI=1S/C23H22BrFN2O4/c1-2-26(12-15-10-16(24)6-8-20(15)25)21(28)14-5-7-18-19(11-14)23(30)27(22(18)29)13-17-4-3-9-31-17/h5-8,10-11,17H,2-4,9,12-13H2,1H3. The lowest BCUT2D eigenvalue weighted by Crippen LogP contribution is -2.36. The van der Waals surface area contributed by atoms with Crippen molar-refractivity contribution in [1.29, 1.82) is 0 Å². The van der Waals surface area contributed by atoms with Crippen LogP contribution >= 0.6 is 15.9 Å². The molecule has 2 aliphatic heterocycles. The van der Waals surface area contributed by atoms with Crippen LogP contribution in [0.15, 0.2) is 40.9 Å². The monoisotopic (exact) mass is 488 g/mol. The second-order valence-corrected chi connectivity index (χ2v) is 8.59. The van der Waals surface area contributed by atoms with E-state index in [1.165, 1.54) is 28.0 Å². The van der Waals surface area contributed by atoms with E-state index in [1.807, 2.05) is 0 Å². The molecule has 2 aliphatic rings. The number of nitrogens with zero attached hydrogens (tertiary/aromatic N) is 2. The molecule has 2 aromatic rings. The van der Waals surface area contributed by atoms with Gasteiger partial charge in [-0.1, -0.05) is 15.9 Å². The fourth-order valence-electron chi connectivity index (χ4n) is 3.96. The normalized spacial score (nSPS) is 17.9. The van der Waals surface area contributed by atoms with Crippen LogP contribution in [0.1, 0.15) is 56.4 Å². The lowest BCUT2D eigenvalue weighted by molar-refractivity contribution is 0.0475. The van der Waals surface area contributed by atoms with Gasteiger partial charge in [-0.05, 0) is 56.2 Å². The van der Waals surface area contributed by atoms with Crippen LogP contribution in [-0.2, 0) is 11.3 Å². The first-order chi connectivity index (χ1) is 14.9. The van der Waals surface area contributed by atoms with Gasteiger partial charge in [-0.3, -0.25) is 19.3 Å². The van der Waals surface area contributed by atoms with Gasteiger partial charge in [-0.15, -0.1) is 0 Å². The molecule has 1 fully saturated rings. The third-order valence-electron chi connectivity index (χ3n) is 5.67. The Morgan fingerprint density at radius 3 is 2.68 bits per heavy atom. The van der Waals surface area contributed by atoms with Crippen LogP contribution in [0.2, 0.25) is 0 Å². The SMILES string of the molecule is CCN(Cc1cc(Br)ccc1F)C(=O)c1ccc2c(c1)C(=O)N(CC1CCCO1)C2=O. The van der Waals surface area contributed by atoms with Crippen molar-refractivity contribution in [2.24, 2.45) is 0 Å². The maximum absolute atomic E-state index is 14.2. The number of hydrogen-bond donors (Lipinski definition) is 0. The zero-order valence-corrected chi connectivity index (χ0v) is 18.7. The number of fused-ring (bicyclic) bond motifs is 1. The zero-order valence-electron chi connectivity index (χ0n) is 17.1. The maximum atomic E-state index is 14.2. The number of amides is 3. The molecule has 3 amide bonds. The summed E-state index contributed by atoms with van der Waals surface area (Å²) in [7, 11) is 0. The molecular weight excluding hydrogens is 467 g/mol. The van der Waals surface area contributed by atoms with Crippen molar-refractivity contribution >= 4 is 33.7 Å². The number of carbonyl (C=O) groups excluding carboxylic acids is 3. The van der Waals surface area contributed by atoms with Crippen molar-refractivity contribution in [3.63, 3.8) is 0 Å². The Kier molecular flexibility index (Phi) is 6.20. The molecule has 0 N–H and O–H groups in total. The van der Waals surface area contributed by atoms with Gasteiger partial charge in [0.15, 0.2) is 0 Å². The van der Waals surface area contributed by atoms with Crippen LogP contribution in [-0.4, -0.2) is 53.3 Å². The van der Waals surface area contributed by atoms with Crippen LogP contribution in [0.5, 0.6) is 0 Å². The summed E-state index contributed by atoms with van der Waals surface area (Å²) in [5, 5.41) is 0. The number of halogens is 2. The van der Waals surface area contributed by atoms with Crippen LogP contribution < -0.4 is 0 Å². The third kappa shape index (κ3) is 4.27. The molecule has 2 aromatic carbocycles. The summed E-state index contributed by atoms with van der Waals surface area (Å²) in [6.45, 7) is 3.12. The molecule has 162 valence electrons. The molecule has 1 unspecified atom stereocenters. The number of carbonyl (C=O) groups is 3. The van der Waals surface area contributed by atoms with E-state index in [-0.39, 0.29) is 42.1 Å². The summed E-state index contributed by atoms with van der Waals surface area (Å²) >= 11 is 3.32. The molecule has 6 nitrogen and oxygen atoms in total. The molecule has 0 bridgehead atoms. The molecule has 1 atom stereocenters. The van der Waals surface area contributed by atoms with Crippen LogP contribution in [0, 0.1) is 5.82 Å². The Morgan fingerprint density at radius 2 is 1.97 bits per heavy atom. The molecule has 0 spiro atoms. The van der Waals surface area contributed by atoms with Gasteiger partial charge < -0.3 is 9.64 Å².